The van der Waals surface area contributed by atoms with Crippen LogP contribution in [-0.4, -0.2) is 25.7 Å². The van der Waals surface area contributed by atoms with E-state index in [-0.39, 0.29) is 10.7 Å². The molecule has 0 unspecified atom stereocenters. The molecule has 7 heteroatoms. The van der Waals surface area contributed by atoms with Crippen LogP contribution in [0, 0.1) is 6.92 Å². The van der Waals surface area contributed by atoms with Gasteiger partial charge in [-0.05, 0) is 24.6 Å². The molecule has 0 saturated heterocycles. The quantitative estimate of drug-likeness (QED) is 0.774. The zero-order chi connectivity index (χ0) is 13.3. The molecule has 0 radical (unpaired) electrons. The minimum atomic E-state index is -0.599. The highest BCUT2D eigenvalue weighted by Gasteiger charge is 2.14. The molecule has 0 spiro atoms. The average molecular weight is 261 g/mol. The first-order valence-corrected chi connectivity index (χ1v) is 5.53. The number of pyridine rings is 1. The van der Waals surface area contributed by atoms with Crippen molar-refractivity contribution >= 4 is 23.1 Å². The summed E-state index contributed by atoms with van der Waals surface area (Å²) in [6.45, 7) is 1.87. The molecule has 92 valence electrons. The number of aromatic nitrogens is 3. The maximum atomic E-state index is 11.0. The van der Waals surface area contributed by atoms with Crippen LogP contribution in [0.3, 0.4) is 0 Å². The third-order valence-electron chi connectivity index (χ3n) is 2.44. The van der Waals surface area contributed by atoms with E-state index in [0.29, 0.717) is 11.4 Å². The van der Waals surface area contributed by atoms with Crippen LogP contribution in [0.2, 0.25) is 0 Å². The number of amides is 1. The van der Waals surface area contributed by atoms with E-state index in [1.165, 1.54) is 10.7 Å². The first-order chi connectivity index (χ1) is 8.50. The van der Waals surface area contributed by atoms with Crippen molar-refractivity contribution < 1.29 is 4.79 Å². The summed E-state index contributed by atoms with van der Waals surface area (Å²) in [7, 11) is 0. The van der Waals surface area contributed by atoms with Crippen LogP contribution < -0.4 is 11.5 Å². The Morgan fingerprint density at radius 1 is 1.39 bits per heavy atom. The lowest BCUT2D eigenvalue weighted by Gasteiger charge is -2.09. The van der Waals surface area contributed by atoms with Crippen molar-refractivity contribution in [2.24, 2.45) is 11.5 Å². The maximum absolute atomic E-state index is 11.0. The molecule has 18 heavy (non-hydrogen) atoms. The van der Waals surface area contributed by atoms with Crippen LogP contribution in [0.4, 0.5) is 0 Å². The van der Waals surface area contributed by atoms with E-state index >= 15 is 0 Å². The minimum absolute atomic E-state index is 0.159. The topological polar surface area (TPSA) is 99.8 Å². The van der Waals surface area contributed by atoms with Crippen molar-refractivity contribution in [1.82, 2.24) is 14.8 Å². The fraction of sp³-hybridized carbons (Fsp3) is 0.0909. The number of carbonyl (C=O) groups is 1. The molecule has 0 saturated carbocycles. The highest BCUT2D eigenvalue weighted by atomic mass is 32.1. The van der Waals surface area contributed by atoms with Crippen molar-refractivity contribution in [3.05, 3.63) is 41.3 Å². The number of aryl methyl sites for hydroxylation is 1. The van der Waals surface area contributed by atoms with Crippen LogP contribution in [0.1, 0.15) is 21.6 Å². The second-order valence-electron chi connectivity index (χ2n) is 3.70. The number of primary amides is 1. The number of hydrogen-bond donors (Lipinski definition) is 2. The molecule has 6 nitrogen and oxygen atoms in total. The SMILES string of the molecule is Cc1ccnc(-n2ccc(C(N)=O)n2)c1C(N)=S. The van der Waals surface area contributed by atoms with Gasteiger partial charge in [-0.1, -0.05) is 12.2 Å². The van der Waals surface area contributed by atoms with E-state index in [0.717, 1.165) is 5.56 Å². The number of nitrogens with zero attached hydrogens (tertiary/aromatic N) is 3. The number of nitrogens with two attached hydrogens (primary N) is 2. The summed E-state index contributed by atoms with van der Waals surface area (Å²) in [5.41, 5.74) is 12.5. The molecule has 0 bridgehead atoms. The normalized spacial score (nSPS) is 10.3. The second kappa shape index (κ2) is 4.53. The summed E-state index contributed by atoms with van der Waals surface area (Å²) in [5, 5.41) is 4.03. The Bertz CT molecular complexity index is 634. The van der Waals surface area contributed by atoms with E-state index in [4.69, 9.17) is 23.7 Å². The number of rotatable bonds is 3. The summed E-state index contributed by atoms with van der Waals surface area (Å²) in [6.07, 6.45) is 3.21. The molecule has 0 aliphatic carbocycles. The summed E-state index contributed by atoms with van der Waals surface area (Å²) in [5.74, 6) is -0.117. The van der Waals surface area contributed by atoms with Gasteiger partial charge in [-0.15, -0.1) is 0 Å². The van der Waals surface area contributed by atoms with Crippen molar-refractivity contribution in [3.8, 4) is 5.82 Å². The van der Waals surface area contributed by atoms with Gasteiger partial charge in [0, 0.05) is 12.4 Å². The molecule has 4 N–H and O–H groups in total. The first-order valence-electron chi connectivity index (χ1n) is 5.12. The monoisotopic (exact) mass is 261 g/mol. The fourth-order valence-corrected chi connectivity index (χ4v) is 1.85. The van der Waals surface area contributed by atoms with E-state index in [2.05, 4.69) is 10.1 Å². The molecule has 1 amide bonds. The Kier molecular flexibility index (Phi) is 3.07. The maximum Gasteiger partial charge on any atom is 0.269 e. The fourth-order valence-electron chi connectivity index (χ4n) is 1.60. The predicted molar refractivity (Wildman–Crippen MR) is 70.5 cm³/mol. The molecular weight excluding hydrogens is 250 g/mol. The molecule has 2 rings (SSSR count). The summed E-state index contributed by atoms with van der Waals surface area (Å²) >= 11 is 5.00. The Morgan fingerprint density at radius 2 is 2.11 bits per heavy atom. The number of carbonyl (C=O) groups excluding carboxylic acids is 1. The van der Waals surface area contributed by atoms with Gasteiger partial charge in [-0.25, -0.2) is 9.67 Å². The van der Waals surface area contributed by atoms with Gasteiger partial charge in [-0.3, -0.25) is 4.79 Å². The highest BCUT2D eigenvalue weighted by molar-refractivity contribution is 7.80. The van der Waals surface area contributed by atoms with E-state index < -0.39 is 5.91 Å². The van der Waals surface area contributed by atoms with Crippen molar-refractivity contribution in [2.45, 2.75) is 6.92 Å². The van der Waals surface area contributed by atoms with Gasteiger partial charge < -0.3 is 11.5 Å². The molecule has 0 aliphatic heterocycles. The lowest BCUT2D eigenvalue weighted by molar-refractivity contribution is 0.0995. The Labute approximate surface area is 109 Å². The van der Waals surface area contributed by atoms with Crippen LogP contribution in [0.25, 0.3) is 5.82 Å². The number of thiocarbonyl (C=S) groups is 1. The molecule has 0 aliphatic rings. The standard InChI is InChI=1S/C11H11N5OS/c1-6-2-4-14-11(8(6)10(13)18)16-5-3-7(15-16)9(12)17/h2-5H,1H3,(H2,12,17)(H2,13,18). The lowest BCUT2D eigenvalue weighted by atomic mass is 10.1. The van der Waals surface area contributed by atoms with Gasteiger partial charge in [-0.2, -0.15) is 5.10 Å². The van der Waals surface area contributed by atoms with Gasteiger partial charge in [0.1, 0.15) is 10.7 Å². The highest BCUT2D eigenvalue weighted by Crippen LogP contribution is 2.15. The van der Waals surface area contributed by atoms with E-state index in [1.807, 2.05) is 6.92 Å². The van der Waals surface area contributed by atoms with Crippen LogP contribution in [-0.2, 0) is 0 Å². The zero-order valence-electron chi connectivity index (χ0n) is 9.62. The van der Waals surface area contributed by atoms with Gasteiger partial charge in [0.25, 0.3) is 5.91 Å². The van der Waals surface area contributed by atoms with Crippen molar-refractivity contribution in [3.63, 3.8) is 0 Å². The van der Waals surface area contributed by atoms with Crippen molar-refractivity contribution in [2.75, 3.05) is 0 Å². The molecule has 2 heterocycles. The number of hydrogen-bond acceptors (Lipinski definition) is 4. The minimum Gasteiger partial charge on any atom is -0.389 e. The largest absolute Gasteiger partial charge is 0.389 e. The first kappa shape index (κ1) is 12.2. The van der Waals surface area contributed by atoms with Gasteiger partial charge in [0.15, 0.2) is 5.82 Å². The molecule has 0 atom stereocenters. The molecule has 2 aromatic heterocycles. The third kappa shape index (κ3) is 2.07. The Balaban J connectivity index is 2.59. The van der Waals surface area contributed by atoms with Gasteiger partial charge >= 0.3 is 0 Å². The zero-order valence-corrected chi connectivity index (χ0v) is 10.4. The smallest absolute Gasteiger partial charge is 0.269 e. The Hall–Kier alpha value is -2.28. The Morgan fingerprint density at radius 3 is 2.67 bits per heavy atom. The van der Waals surface area contributed by atoms with E-state index in [1.54, 1.807) is 18.5 Å². The van der Waals surface area contributed by atoms with Crippen molar-refractivity contribution in [1.29, 1.82) is 0 Å². The average Bonchev–Trinajstić information content (AvgIpc) is 2.77. The molecule has 0 aromatic carbocycles. The molecule has 2 aromatic rings. The summed E-state index contributed by atoms with van der Waals surface area (Å²) in [6, 6.07) is 3.31. The predicted octanol–water partition coefficient (Wildman–Crippen LogP) is 0.309. The van der Waals surface area contributed by atoms with Gasteiger partial charge in [0.05, 0.1) is 5.56 Å². The van der Waals surface area contributed by atoms with Gasteiger partial charge in [0.2, 0.25) is 0 Å². The van der Waals surface area contributed by atoms with Crippen LogP contribution in [0.15, 0.2) is 24.5 Å². The van der Waals surface area contributed by atoms with E-state index in [9.17, 15) is 4.79 Å². The molecule has 0 fully saturated rings. The molecular formula is C11H11N5OS. The third-order valence-corrected chi connectivity index (χ3v) is 2.65. The van der Waals surface area contributed by atoms with Crippen LogP contribution >= 0.6 is 12.2 Å². The summed E-state index contributed by atoms with van der Waals surface area (Å²) in [4.78, 5) is 15.4. The van der Waals surface area contributed by atoms with Crippen LogP contribution in [0.5, 0.6) is 0 Å². The summed E-state index contributed by atoms with van der Waals surface area (Å²) < 4.78 is 1.43. The second-order valence-corrected chi connectivity index (χ2v) is 4.14. The lowest BCUT2D eigenvalue weighted by Crippen LogP contribution is -2.17.